The molecule has 0 aliphatic heterocycles. The molecule has 4 N–H and O–H groups in total. The predicted molar refractivity (Wildman–Crippen MR) is 111 cm³/mol. The van der Waals surface area contributed by atoms with Crippen molar-refractivity contribution in [2.24, 2.45) is 16.0 Å². The summed E-state index contributed by atoms with van der Waals surface area (Å²) in [5, 5.41) is 12.0. The molecular weight excluding hydrogens is 562 g/mol. The van der Waals surface area contributed by atoms with Gasteiger partial charge in [0.05, 0.1) is 15.5 Å². The van der Waals surface area contributed by atoms with Gasteiger partial charge in [-0.3, -0.25) is 0 Å². The smallest absolute Gasteiger partial charge is 0.744 e. The van der Waals surface area contributed by atoms with Crippen molar-refractivity contribution in [3.63, 3.8) is 0 Å². The number of hydrogen-bond donors (Lipinski definition) is 3. The first-order chi connectivity index (χ1) is 16.2. The van der Waals surface area contributed by atoms with Gasteiger partial charge in [-0.05, 0) is 36.4 Å². The van der Waals surface area contributed by atoms with E-state index in [1.54, 1.807) is 0 Å². The van der Waals surface area contributed by atoms with Crippen molar-refractivity contribution < 1.29 is 98.6 Å². The fourth-order valence-corrected chi connectivity index (χ4v) is 3.76. The van der Waals surface area contributed by atoms with Crippen LogP contribution >= 0.6 is 0 Å². The van der Waals surface area contributed by atoms with Crippen LogP contribution in [0.3, 0.4) is 0 Å². The predicted octanol–water partition coefficient (Wildman–Crippen LogP) is -3.78. The minimum absolute atomic E-state index is 0. The number of rotatable bonds is 7. The third-order valence-electron chi connectivity index (χ3n) is 3.93. The Balaban J connectivity index is 0.00000342. The number of urea groups is 1. The van der Waals surface area contributed by atoms with Crippen LogP contribution in [0.15, 0.2) is 62.5 Å². The number of carbonyl (C=O) groups is 1. The molecule has 0 saturated carbocycles. The molecule has 14 nitrogen and oxygen atoms in total. The molecule has 0 atom stereocenters. The molecule has 20 heteroatoms. The van der Waals surface area contributed by atoms with Gasteiger partial charge in [0.2, 0.25) is 17.8 Å². The minimum atomic E-state index is -5.28. The van der Waals surface area contributed by atoms with E-state index in [1.165, 1.54) is 18.2 Å². The van der Waals surface area contributed by atoms with Crippen LogP contribution in [0, 0.1) is 11.9 Å². The van der Waals surface area contributed by atoms with Crippen LogP contribution in [-0.2, 0) is 20.2 Å². The molecule has 0 spiro atoms. The maximum Gasteiger partial charge on any atom is 1.00 e. The number of carbonyl (C=O) groups excluding carboxylic acids is 1. The number of primary amides is 1. The second-order valence-electron chi connectivity index (χ2n) is 6.42. The monoisotopic (exact) mass is 573 g/mol. The van der Waals surface area contributed by atoms with Crippen molar-refractivity contribution in [1.29, 1.82) is 0 Å². The average Bonchev–Trinajstić information content (AvgIpc) is 2.70. The zero-order valence-corrected chi connectivity index (χ0v) is 24.5. The second-order valence-corrected chi connectivity index (χ2v) is 9.15. The number of azo groups is 1. The average molecular weight is 573 g/mol. The van der Waals surface area contributed by atoms with Gasteiger partial charge in [-0.25, -0.2) is 21.6 Å². The van der Waals surface area contributed by atoms with E-state index in [0.717, 1.165) is 12.1 Å². The Labute approximate surface area is 252 Å². The van der Waals surface area contributed by atoms with Crippen molar-refractivity contribution in [3.8, 4) is 0 Å². The second kappa shape index (κ2) is 13.1. The van der Waals surface area contributed by atoms with E-state index < -0.39 is 59.6 Å². The van der Waals surface area contributed by atoms with Crippen LogP contribution in [0.2, 0.25) is 0 Å². The molecule has 37 heavy (non-hydrogen) atoms. The summed E-state index contributed by atoms with van der Waals surface area (Å²) in [7, 11) is -10.4. The van der Waals surface area contributed by atoms with Gasteiger partial charge >= 0.3 is 65.1 Å². The van der Waals surface area contributed by atoms with Crippen LogP contribution in [0.25, 0.3) is 0 Å². The number of anilines is 3. The van der Waals surface area contributed by atoms with Crippen molar-refractivity contribution >= 4 is 55.0 Å². The number of nitrogens with one attached hydrogen (secondary N) is 2. The van der Waals surface area contributed by atoms with Crippen molar-refractivity contribution in [1.82, 2.24) is 9.97 Å². The SMILES string of the molecule is NC(=O)Nc1cc(Nc2nc(F)cc(F)n2)ccc1N=Nc1ccc(S(=O)(=O)[O-])cc1S(=O)(=O)[O-].[Na+].[Na+]. The molecule has 0 radical (unpaired) electrons. The Morgan fingerprint density at radius 2 is 1.43 bits per heavy atom. The van der Waals surface area contributed by atoms with Crippen LogP contribution in [-0.4, -0.2) is 41.9 Å². The van der Waals surface area contributed by atoms with Crippen LogP contribution in [0.5, 0.6) is 0 Å². The van der Waals surface area contributed by atoms with Crippen LogP contribution in [0.4, 0.5) is 42.3 Å². The Bertz CT molecular complexity index is 1560. The van der Waals surface area contributed by atoms with E-state index in [-0.39, 0.29) is 76.2 Å². The summed E-state index contributed by atoms with van der Waals surface area (Å²) >= 11 is 0. The van der Waals surface area contributed by atoms with Gasteiger partial charge in [0.15, 0.2) is 0 Å². The third-order valence-corrected chi connectivity index (χ3v) is 5.63. The maximum absolute atomic E-state index is 13.3. The molecular formula is C17H11F2N7Na2O7S2. The van der Waals surface area contributed by atoms with Gasteiger partial charge in [0.1, 0.15) is 31.6 Å². The van der Waals surface area contributed by atoms with E-state index >= 15 is 0 Å². The molecule has 2 aromatic carbocycles. The Morgan fingerprint density at radius 3 is 1.97 bits per heavy atom. The van der Waals surface area contributed by atoms with E-state index in [9.17, 15) is 39.5 Å². The molecule has 0 saturated heterocycles. The van der Waals surface area contributed by atoms with E-state index in [4.69, 9.17) is 5.73 Å². The molecule has 3 aromatic rings. The molecule has 0 bridgehead atoms. The van der Waals surface area contributed by atoms with Crippen molar-refractivity contribution in [2.75, 3.05) is 10.6 Å². The topological polar surface area (TPSA) is 232 Å². The summed E-state index contributed by atoms with van der Waals surface area (Å²) in [4.78, 5) is 15.9. The summed E-state index contributed by atoms with van der Waals surface area (Å²) in [5.41, 5.74) is 4.33. The molecule has 2 amide bonds. The van der Waals surface area contributed by atoms with Crippen LogP contribution in [0.1, 0.15) is 0 Å². The number of hydrogen-bond acceptors (Lipinski definition) is 12. The quantitative estimate of drug-likeness (QED) is 0.108. The van der Waals surface area contributed by atoms with E-state index in [0.29, 0.717) is 12.1 Å². The van der Waals surface area contributed by atoms with Crippen molar-refractivity contribution in [2.45, 2.75) is 9.79 Å². The normalized spacial score (nSPS) is 11.4. The molecule has 0 fully saturated rings. The van der Waals surface area contributed by atoms with Gasteiger partial charge in [0.25, 0.3) is 0 Å². The number of halogens is 2. The summed E-state index contributed by atoms with van der Waals surface area (Å²) in [6.45, 7) is 0. The number of aromatic nitrogens is 2. The van der Waals surface area contributed by atoms with E-state index in [2.05, 4.69) is 30.8 Å². The number of amides is 2. The number of benzene rings is 2. The van der Waals surface area contributed by atoms with Gasteiger partial charge in [-0.2, -0.15) is 18.7 Å². The first kappa shape index (κ1) is 32.9. The molecule has 1 aromatic heterocycles. The standard InChI is InChI=1S/C17H13F2N7O7S2.2Na/c18-14-7-15(19)24-17(23-14)21-8-1-3-10(12(5-8)22-16(20)27)25-26-11-4-2-9(34(28,29)30)6-13(11)35(31,32)33;;/h1-7H,(H3,20,22,27)(H,21,23,24)(H,28,29,30)(H,31,32,33);;/q;2*+1/p-2. The summed E-state index contributed by atoms with van der Waals surface area (Å²) in [6.07, 6.45) is 0. The van der Waals surface area contributed by atoms with Gasteiger partial charge < -0.3 is 25.5 Å². The third kappa shape index (κ3) is 9.28. The Hall–Kier alpha value is -2.13. The zero-order chi connectivity index (χ0) is 26.0. The molecule has 1 heterocycles. The first-order valence-electron chi connectivity index (χ1n) is 8.87. The molecule has 0 aliphatic rings. The summed E-state index contributed by atoms with van der Waals surface area (Å²) < 4.78 is 94.5. The summed E-state index contributed by atoms with van der Waals surface area (Å²) in [5.74, 6) is -2.76. The molecule has 0 aliphatic carbocycles. The summed E-state index contributed by atoms with van der Waals surface area (Å²) in [6, 6.07) is 4.89. The maximum atomic E-state index is 13.3. The fourth-order valence-electron chi connectivity index (χ4n) is 2.55. The number of nitrogens with zero attached hydrogens (tertiary/aromatic N) is 4. The van der Waals surface area contributed by atoms with Gasteiger partial charge in [-0.1, -0.05) is 0 Å². The van der Waals surface area contributed by atoms with Gasteiger partial charge in [-0.15, -0.1) is 10.2 Å². The number of nitrogens with two attached hydrogens (primary N) is 1. The fraction of sp³-hybridized carbons (Fsp3) is 0. The molecule has 184 valence electrons. The minimum Gasteiger partial charge on any atom is -0.744 e. The first-order valence-corrected chi connectivity index (χ1v) is 11.7. The van der Waals surface area contributed by atoms with Crippen molar-refractivity contribution in [3.05, 3.63) is 54.4 Å². The largest absolute Gasteiger partial charge is 1.00 e. The zero-order valence-electron chi connectivity index (χ0n) is 18.8. The van der Waals surface area contributed by atoms with Gasteiger partial charge in [0, 0.05) is 11.8 Å². The Morgan fingerprint density at radius 1 is 0.865 bits per heavy atom. The van der Waals surface area contributed by atoms with E-state index in [1.807, 2.05) is 0 Å². The van der Waals surface area contributed by atoms with Crippen LogP contribution < -0.4 is 75.5 Å². The Kier molecular flexibility index (Phi) is 11.6. The molecule has 3 rings (SSSR count). The molecule has 0 unspecified atom stereocenters.